The normalized spacial score (nSPS) is 14.5. The Balaban J connectivity index is 2.29. The molecule has 4 nitrogen and oxygen atoms in total. The Labute approximate surface area is 105 Å². The zero-order chi connectivity index (χ0) is 12.3. The van der Waals surface area contributed by atoms with Crippen molar-refractivity contribution in [3.63, 3.8) is 0 Å². The van der Waals surface area contributed by atoms with Crippen molar-refractivity contribution in [1.82, 2.24) is 10.2 Å². The van der Waals surface area contributed by atoms with Crippen LogP contribution in [-0.2, 0) is 4.74 Å². The highest BCUT2D eigenvalue weighted by Gasteiger charge is 2.21. The molecule has 0 bridgehead atoms. The largest absolute Gasteiger partial charge is 0.420 e. The van der Waals surface area contributed by atoms with Gasteiger partial charge in [0.1, 0.15) is 5.38 Å². The van der Waals surface area contributed by atoms with Crippen LogP contribution in [0.1, 0.15) is 35.7 Å². The smallest absolute Gasteiger partial charge is 0.249 e. The molecule has 0 aliphatic carbocycles. The first-order valence-electron chi connectivity index (χ1n) is 5.27. The maximum Gasteiger partial charge on any atom is 0.249 e. The fourth-order valence-corrected chi connectivity index (χ4v) is 1.61. The molecule has 2 atom stereocenters. The number of ether oxygens (including phenoxy) is 1. The maximum absolute atomic E-state index is 5.87. The summed E-state index contributed by atoms with van der Waals surface area (Å²) >= 11 is 5.87. The van der Waals surface area contributed by atoms with E-state index in [4.69, 9.17) is 20.8 Å². The van der Waals surface area contributed by atoms with Crippen LogP contribution in [0, 0.1) is 0 Å². The molecule has 0 fully saturated rings. The predicted molar refractivity (Wildman–Crippen MR) is 63.9 cm³/mol. The fraction of sp³-hybridized carbons (Fsp3) is 0.333. The average molecular weight is 253 g/mol. The quantitative estimate of drug-likeness (QED) is 0.785. The molecule has 1 aromatic heterocycles. The van der Waals surface area contributed by atoms with Crippen LogP contribution in [0.15, 0.2) is 34.7 Å². The van der Waals surface area contributed by atoms with Crippen molar-refractivity contribution in [3.8, 4) is 0 Å². The summed E-state index contributed by atoms with van der Waals surface area (Å²) in [5, 5.41) is 7.54. The van der Waals surface area contributed by atoms with Crippen molar-refractivity contribution in [3.05, 3.63) is 47.7 Å². The number of aromatic nitrogens is 2. The van der Waals surface area contributed by atoms with E-state index < -0.39 is 0 Å². The van der Waals surface area contributed by atoms with Crippen LogP contribution in [0.4, 0.5) is 0 Å². The molecule has 0 saturated carbocycles. The summed E-state index contributed by atoms with van der Waals surface area (Å²) in [6, 6.07) is 9.70. The predicted octanol–water partition coefficient (Wildman–Crippen LogP) is 3.11. The zero-order valence-electron chi connectivity index (χ0n) is 9.63. The van der Waals surface area contributed by atoms with Crippen LogP contribution in [-0.4, -0.2) is 17.3 Å². The minimum atomic E-state index is -0.354. The Morgan fingerprint density at radius 2 is 1.82 bits per heavy atom. The van der Waals surface area contributed by atoms with Gasteiger partial charge in [0.05, 0.1) is 0 Å². The van der Waals surface area contributed by atoms with Gasteiger partial charge in [-0.05, 0) is 12.5 Å². The van der Waals surface area contributed by atoms with Gasteiger partial charge in [0.25, 0.3) is 0 Å². The summed E-state index contributed by atoms with van der Waals surface area (Å²) in [5.74, 6) is 0.820. The number of rotatable bonds is 4. The standard InChI is InChI=1S/C12H13ClN2O2/c1-8(13)11-14-15-12(17-11)10(16-2)9-6-4-3-5-7-9/h3-8,10H,1-2H3. The molecule has 17 heavy (non-hydrogen) atoms. The van der Waals surface area contributed by atoms with E-state index in [1.165, 1.54) is 0 Å². The van der Waals surface area contributed by atoms with Gasteiger partial charge in [-0.3, -0.25) is 0 Å². The SMILES string of the molecule is COC(c1ccccc1)c1nnc(C(C)Cl)o1. The summed E-state index contributed by atoms with van der Waals surface area (Å²) in [6.07, 6.45) is -0.354. The van der Waals surface area contributed by atoms with Gasteiger partial charge >= 0.3 is 0 Å². The summed E-state index contributed by atoms with van der Waals surface area (Å²) in [7, 11) is 1.60. The minimum Gasteiger partial charge on any atom is -0.420 e. The van der Waals surface area contributed by atoms with E-state index in [1.54, 1.807) is 14.0 Å². The number of benzene rings is 1. The molecule has 0 spiro atoms. The van der Waals surface area contributed by atoms with Gasteiger partial charge in [0, 0.05) is 7.11 Å². The molecule has 1 heterocycles. The number of hydrogen-bond donors (Lipinski definition) is 0. The molecule has 2 aromatic rings. The van der Waals surface area contributed by atoms with Gasteiger partial charge in [-0.25, -0.2) is 0 Å². The average Bonchev–Trinajstić information content (AvgIpc) is 2.81. The van der Waals surface area contributed by atoms with Crippen molar-refractivity contribution in [2.75, 3.05) is 7.11 Å². The van der Waals surface area contributed by atoms with Gasteiger partial charge in [-0.2, -0.15) is 0 Å². The number of nitrogens with zero attached hydrogens (tertiary/aromatic N) is 2. The molecule has 5 heteroatoms. The van der Waals surface area contributed by atoms with Crippen molar-refractivity contribution in [2.45, 2.75) is 18.4 Å². The first-order chi connectivity index (χ1) is 8.22. The maximum atomic E-state index is 5.87. The monoisotopic (exact) mass is 252 g/mol. The third kappa shape index (κ3) is 2.65. The lowest BCUT2D eigenvalue weighted by atomic mass is 10.1. The molecule has 1 aromatic carbocycles. The van der Waals surface area contributed by atoms with Gasteiger partial charge in [-0.1, -0.05) is 30.3 Å². The van der Waals surface area contributed by atoms with Crippen molar-refractivity contribution < 1.29 is 9.15 Å². The summed E-state index contributed by atoms with van der Waals surface area (Å²) in [5.41, 5.74) is 0.965. The third-order valence-electron chi connectivity index (χ3n) is 2.36. The highest BCUT2D eigenvalue weighted by atomic mass is 35.5. The second-order valence-electron chi connectivity index (χ2n) is 3.62. The Bertz CT molecular complexity index is 470. The lowest BCUT2D eigenvalue weighted by Crippen LogP contribution is -2.03. The van der Waals surface area contributed by atoms with Crippen molar-refractivity contribution >= 4 is 11.6 Å². The molecule has 0 aliphatic rings. The minimum absolute atomic E-state index is 0.301. The van der Waals surface area contributed by atoms with Crippen LogP contribution in [0.5, 0.6) is 0 Å². The number of halogens is 1. The molecule has 2 rings (SSSR count). The van der Waals surface area contributed by atoms with E-state index in [-0.39, 0.29) is 11.5 Å². The van der Waals surface area contributed by atoms with Gasteiger partial charge < -0.3 is 9.15 Å². The molecule has 0 aliphatic heterocycles. The van der Waals surface area contributed by atoms with Gasteiger partial charge in [0.2, 0.25) is 11.8 Å². The number of hydrogen-bond acceptors (Lipinski definition) is 4. The number of methoxy groups -OCH3 is 1. The lowest BCUT2D eigenvalue weighted by Gasteiger charge is -2.10. The molecule has 0 radical (unpaired) electrons. The summed E-state index contributed by atoms with van der Waals surface area (Å²) < 4.78 is 10.8. The highest BCUT2D eigenvalue weighted by Crippen LogP contribution is 2.26. The molecule has 0 N–H and O–H groups in total. The van der Waals surface area contributed by atoms with Crippen LogP contribution in [0.2, 0.25) is 0 Å². The molecular weight excluding hydrogens is 240 g/mol. The summed E-state index contributed by atoms with van der Waals surface area (Å²) in [4.78, 5) is 0. The van der Waals surface area contributed by atoms with Crippen molar-refractivity contribution in [2.24, 2.45) is 0 Å². The van der Waals surface area contributed by atoms with E-state index in [0.29, 0.717) is 11.8 Å². The van der Waals surface area contributed by atoms with Crippen LogP contribution < -0.4 is 0 Å². The first-order valence-corrected chi connectivity index (χ1v) is 5.71. The number of alkyl halides is 1. The van der Waals surface area contributed by atoms with E-state index in [2.05, 4.69) is 10.2 Å². The Morgan fingerprint density at radius 1 is 1.18 bits per heavy atom. The second-order valence-corrected chi connectivity index (χ2v) is 4.28. The Hall–Kier alpha value is -1.39. The summed E-state index contributed by atoms with van der Waals surface area (Å²) in [6.45, 7) is 1.78. The molecule has 0 amide bonds. The third-order valence-corrected chi connectivity index (χ3v) is 2.55. The van der Waals surface area contributed by atoms with Gasteiger partial charge in [0.15, 0.2) is 6.10 Å². The highest BCUT2D eigenvalue weighted by molar-refractivity contribution is 6.20. The molecule has 90 valence electrons. The Kier molecular flexibility index (Phi) is 3.76. The van der Waals surface area contributed by atoms with Crippen LogP contribution >= 0.6 is 11.6 Å². The van der Waals surface area contributed by atoms with Gasteiger partial charge in [-0.15, -0.1) is 21.8 Å². The molecule has 2 unspecified atom stereocenters. The topological polar surface area (TPSA) is 48.2 Å². The lowest BCUT2D eigenvalue weighted by molar-refractivity contribution is 0.110. The zero-order valence-corrected chi connectivity index (χ0v) is 10.4. The first kappa shape index (κ1) is 12.1. The van der Waals surface area contributed by atoms with E-state index in [1.807, 2.05) is 30.3 Å². The second kappa shape index (κ2) is 5.29. The van der Waals surface area contributed by atoms with E-state index >= 15 is 0 Å². The van der Waals surface area contributed by atoms with Crippen molar-refractivity contribution in [1.29, 1.82) is 0 Å². The van der Waals surface area contributed by atoms with E-state index in [0.717, 1.165) is 5.56 Å². The van der Waals surface area contributed by atoms with Crippen LogP contribution in [0.3, 0.4) is 0 Å². The van der Waals surface area contributed by atoms with Crippen LogP contribution in [0.25, 0.3) is 0 Å². The fourth-order valence-electron chi connectivity index (χ4n) is 1.52. The Morgan fingerprint density at radius 3 is 2.35 bits per heavy atom. The molecular formula is C12H13ClN2O2. The molecule has 0 saturated heterocycles. The van der Waals surface area contributed by atoms with E-state index in [9.17, 15) is 0 Å².